The standard InChI is InChI=1S/C18H21NO2S/c1-12-7-8-16-14(9-12)10-17(22-16)18(20)19-11-13-5-3-4-6-15(13)21-2/h3-6,10,12H,7-9,11H2,1-2H3,(H,19,20)/t12-/m1/s1. The van der Waals surface area contributed by atoms with Crippen molar-refractivity contribution in [3.05, 3.63) is 51.2 Å². The van der Waals surface area contributed by atoms with Gasteiger partial charge in [-0.2, -0.15) is 0 Å². The van der Waals surface area contributed by atoms with Crippen molar-refractivity contribution in [2.45, 2.75) is 32.7 Å². The number of amides is 1. The summed E-state index contributed by atoms with van der Waals surface area (Å²) in [5.74, 6) is 1.55. The normalized spacial score (nSPS) is 16.9. The second-order valence-corrected chi connectivity index (χ2v) is 7.04. The van der Waals surface area contributed by atoms with E-state index in [0.29, 0.717) is 6.54 Å². The number of carbonyl (C=O) groups is 1. The molecule has 1 heterocycles. The van der Waals surface area contributed by atoms with Crippen molar-refractivity contribution in [1.82, 2.24) is 5.32 Å². The monoisotopic (exact) mass is 315 g/mol. The van der Waals surface area contributed by atoms with Crippen LogP contribution < -0.4 is 10.1 Å². The number of carbonyl (C=O) groups excluding carboxylic acids is 1. The summed E-state index contributed by atoms with van der Waals surface area (Å²) in [6.07, 6.45) is 3.45. The fourth-order valence-corrected chi connectivity index (χ4v) is 4.05. The van der Waals surface area contributed by atoms with Crippen molar-refractivity contribution >= 4 is 17.2 Å². The second kappa shape index (κ2) is 6.53. The predicted molar refractivity (Wildman–Crippen MR) is 89.7 cm³/mol. The Balaban J connectivity index is 1.67. The summed E-state index contributed by atoms with van der Waals surface area (Å²) in [5.41, 5.74) is 2.36. The number of aryl methyl sites for hydroxylation is 1. The molecule has 0 saturated heterocycles. The van der Waals surface area contributed by atoms with E-state index in [0.717, 1.165) is 34.9 Å². The molecule has 1 aliphatic carbocycles. The number of rotatable bonds is 4. The minimum Gasteiger partial charge on any atom is -0.496 e. The van der Waals surface area contributed by atoms with E-state index in [4.69, 9.17) is 4.74 Å². The molecule has 1 amide bonds. The molecule has 2 aromatic rings. The molecular weight excluding hydrogens is 294 g/mol. The van der Waals surface area contributed by atoms with Crippen LogP contribution in [-0.4, -0.2) is 13.0 Å². The maximum Gasteiger partial charge on any atom is 0.261 e. The average Bonchev–Trinajstić information content (AvgIpc) is 2.96. The number of nitrogens with one attached hydrogen (secondary N) is 1. The Hall–Kier alpha value is -1.81. The molecule has 1 N–H and O–H groups in total. The molecule has 0 aliphatic heterocycles. The van der Waals surface area contributed by atoms with Crippen LogP contribution in [-0.2, 0) is 19.4 Å². The summed E-state index contributed by atoms with van der Waals surface area (Å²) in [4.78, 5) is 14.6. The van der Waals surface area contributed by atoms with E-state index in [1.54, 1.807) is 18.4 Å². The van der Waals surface area contributed by atoms with Gasteiger partial charge in [0.05, 0.1) is 12.0 Å². The Morgan fingerprint density at radius 2 is 2.23 bits per heavy atom. The van der Waals surface area contributed by atoms with E-state index < -0.39 is 0 Å². The lowest BCUT2D eigenvalue weighted by Gasteiger charge is -2.16. The zero-order chi connectivity index (χ0) is 15.5. The Morgan fingerprint density at radius 1 is 1.41 bits per heavy atom. The van der Waals surface area contributed by atoms with Gasteiger partial charge in [0.1, 0.15) is 5.75 Å². The first-order valence-electron chi connectivity index (χ1n) is 7.69. The molecule has 3 rings (SSSR count). The van der Waals surface area contributed by atoms with Crippen molar-refractivity contribution in [1.29, 1.82) is 0 Å². The number of para-hydroxylation sites is 1. The third-order valence-corrected chi connectivity index (χ3v) is 5.42. The van der Waals surface area contributed by atoms with Gasteiger partial charge in [0.2, 0.25) is 0 Å². The third kappa shape index (κ3) is 3.17. The highest BCUT2D eigenvalue weighted by Crippen LogP contribution is 2.32. The van der Waals surface area contributed by atoms with Gasteiger partial charge in [0.15, 0.2) is 0 Å². The summed E-state index contributed by atoms with van der Waals surface area (Å²) in [6, 6.07) is 9.84. The van der Waals surface area contributed by atoms with Crippen LogP contribution in [0.4, 0.5) is 0 Å². The van der Waals surface area contributed by atoms with Gasteiger partial charge in [-0.25, -0.2) is 0 Å². The van der Waals surface area contributed by atoms with Gasteiger partial charge in [0.25, 0.3) is 5.91 Å². The van der Waals surface area contributed by atoms with E-state index in [-0.39, 0.29) is 5.91 Å². The zero-order valence-electron chi connectivity index (χ0n) is 13.0. The van der Waals surface area contributed by atoms with Crippen LogP contribution in [0.5, 0.6) is 5.75 Å². The molecule has 0 bridgehead atoms. The number of fused-ring (bicyclic) bond motifs is 1. The molecule has 0 fully saturated rings. The number of benzene rings is 1. The maximum atomic E-state index is 12.4. The Morgan fingerprint density at radius 3 is 3.05 bits per heavy atom. The van der Waals surface area contributed by atoms with E-state index in [9.17, 15) is 4.79 Å². The van der Waals surface area contributed by atoms with Gasteiger partial charge < -0.3 is 10.1 Å². The highest BCUT2D eigenvalue weighted by Gasteiger charge is 2.20. The first-order chi connectivity index (χ1) is 10.7. The van der Waals surface area contributed by atoms with Crippen LogP contribution in [0.25, 0.3) is 0 Å². The minimum atomic E-state index is 0.0120. The lowest BCUT2D eigenvalue weighted by Crippen LogP contribution is -2.22. The highest BCUT2D eigenvalue weighted by molar-refractivity contribution is 7.14. The van der Waals surface area contributed by atoms with Crippen LogP contribution in [0.2, 0.25) is 0 Å². The van der Waals surface area contributed by atoms with Gasteiger partial charge >= 0.3 is 0 Å². The van der Waals surface area contributed by atoms with E-state index >= 15 is 0 Å². The van der Waals surface area contributed by atoms with Crippen molar-refractivity contribution in [3.63, 3.8) is 0 Å². The van der Waals surface area contributed by atoms with Gasteiger partial charge in [-0.05, 0) is 42.9 Å². The lowest BCUT2D eigenvalue weighted by atomic mass is 9.90. The minimum absolute atomic E-state index is 0.0120. The summed E-state index contributed by atoms with van der Waals surface area (Å²) >= 11 is 1.65. The predicted octanol–water partition coefficient (Wildman–Crippen LogP) is 3.81. The van der Waals surface area contributed by atoms with Crippen molar-refractivity contribution in [2.24, 2.45) is 5.92 Å². The van der Waals surface area contributed by atoms with Crippen molar-refractivity contribution < 1.29 is 9.53 Å². The SMILES string of the molecule is COc1ccccc1CNC(=O)c1cc2c(s1)CC[C@@H](C)C2. The third-order valence-electron chi connectivity index (χ3n) is 4.18. The van der Waals surface area contributed by atoms with Gasteiger partial charge in [-0.3, -0.25) is 4.79 Å². The summed E-state index contributed by atoms with van der Waals surface area (Å²) in [5, 5.41) is 3.00. The second-order valence-electron chi connectivity index (χ2n) is 5.90. The molecule has 22 heavy (non-hydrogen) atoms. The number of methoxy groups -OCH3 is 1. The first-order valence-corrected chi connectivity index (χ1v) is 8.50. The lowest BCUT2D eigenvalue weighted by molar-refractivity contribution is 0.0954. The number of hydrogen-bond acceptors (Lipinski definition) is 3. The summed E-state index contributed by atoms with van der Waals surface area (Å²) in [6.45, 7) is 2.77. The number of hydrogen-bond donors (Lipinski definition) is 1. The van der Waals surface area contributed by atoms with Crippen LogP contribution >= 0.6 is 11.3 Å². The Kier molecular flexibility index (Phi) is 4.48. The average molecular weight is 315 g/mol. The number of ether oxygens (including phenoxy) is 1. The van der Waals surface area contributed by atoms with Gasteiger partial charge in [-0.15, -0.1) is 11.3 Å². The van der Waals surface area contributed by atoms with Crippen LogP contribution in [0.3, 0.4) is 0 Å². The number of thiophene rings is 1. The molecule has 0 spiro atoms. The molecular formula is C18H21NO2S. The Bertz CT molecular complexity index is 677. The van der Waals surface area contributed by atoms with Crippen LogP contribution in [0.1, 0.15) is 39.0 Å². The van der Waals surface area contributed by atoms with Crippen LogP contribution in [0.15, 0.2) is 30.3 Å². The van der Waals surface area contributed by atoms with Gasteiger partial charge in [-0.1, -0.05) is 25.1 Å². The van der Waals surface area contributed by atoms with Crippen molar-refractivity contribution in [3.8, 4) is 5.75 Å². The molecule has 4 heteroatoms. The van der Waals surface area contributed by atoms with E-state index in [1.165, 1.54) is 16.9 Å². The molecule has 0 unspecified atom stereocenters. The summed E-state index contributed by atoms with van der Waals surface area (Å²) in [7, 11) is 1.65. The molecule has 1 aliphatic rings. The largest absolute Gasteiger partial charge is 0.496 e. The molecule has 3 nitrogen and oxygen atoms in total. The quantitative estimate of drug-likeness (QED) is 0.931. The van der Waals surface area contributed by atoms with Crippen molar-refractivity contribution in [2.75, 3.05) is 7.11 Å². The molecule has 0 radical (unpaired) electrons. The topological polar surface area (TPSA) is 38.3 Å². The maximum absolute atomic E-state index is 12.4. The smallest absolute Gasteiger partial charge is 0.261 e. The van der Waals surface area contributed by atoms with E-state index in [2.05, 4.69) is 18.3 Å². The molecule has 116 valence electrons. The van der Waals surface area contributed by atoms with Crippen LogP contribution in [0, 0.1) is 5.92 Å². The molecule has 1 aromatic carbocycles. The molecule has 1 aromatic heterocycles. The molecule has 0 saturated carbocycles. The zero-order valence-corrected chi connectivity index (χ0v) is 13.8. The van der Waals surface area contributed by atoms with Gasteiger partial charge in [0, 0.05) is 17.0 Å². The Labute approximate surface area is 135 Å². The first kappa shape index (κ1) is 15.1. The highest BCUT2D eigenvalue weighted by atomic mass is 32.1. The molecule has 1 atom stereocenters. The fraction of sp³-hybridized carbons (Fsp3) is 0.389. The van der Waals surface area contributed by atoms with E-state index in [1.807, 2.05) is 24.3 Å². The summed E-state index contributed by atoms with van der Waals surface area (Å²) < 4.78 is 5.31. The fourth-order valence-electron chi connectivity index (χ4n) is 2.93.